The van der Waals surface area contributed by atoms with Crippen molar-refractivity contribution in [1.82, 2.24) is 14.8 Å². The molecule has 1 aromatic heterocycles. The number of carboxylic acids is 2. The van der Waals surface area contributed by atoms with Crippen molar-refractivity contribution >= 4 is 17.8 Å². The van der Waals surface area contributed by atoms with Crippen molar-refractivity contribution in [2.45, 2.75) is 43.9 Å². The molecule has 4 rings (SSSR count). The van der Waals surface area contributed by atoms with E-state index in [9.17, 15) is 31.1 Å². The van der Waals surface area contributed by atoms with Crippen LogP contribution >= 0.6 is 0 Å². The summed E-state index contributed by atoms with van der Waals surface area (Å²) in [4.78, 5) is 38.5. The molecule has 1 aromatic rings. The van der Waals surface area contributed by atoms with Gasteiger partial charge in [0.1, 0.15) is 6.61 Å². The van der Waals surface area contributed by atoms with Gasteiger partial charge in [-0.2, -0.15) is 26.3 Å². The molecule has 0 radical (unpaired) electrons. The Bertz CT molecular complexity index is 854. The number of carbonyl (C=O) groups is 3. The Labute approximate surface area is 195 Å². The van der Waals surface area contributed by atoms with Gasteiger partial charge in [-0.1, -0.05) is 0 Å². The summed E-state index contributed by atoms with van der Waals surface area (Å²) in [5.74, 6) is -4.60. The maximum atomic E-state index is 12.1. The number of hydrogen-bond acceptors (Lipinski definition) is 6. The second-order valence-corrected chi connectivity index (χ2v) is 8.06. The van der Waals surface area contributed by atoms with Gasteiger partial charge in [0.2, 0.25) is 5.91 Å². The minimum atomic E-state index is -5.08. The molecule has 0 bridgehead atoms. The highest BCUT2D eigenvalue weighted by Gasteiger charge is 2.44. The number of carboxylic acid groups (broad SMARTS) is 2. The van der Waals surface area contributed by atoms with Gasteiger partial charge in [-0.15, -0.1) is 0 Å². The van der Waals surface area contributed by atoms with Gasteiger partial charge in [-0.25, -0.2) is 9.59 Å². The minimum Gasteiger partial charge on any atom is -0.475 e. The second kappa shape index (κ2) is 11.7. The zero-order chi connectivity index (χ0) is 26.4. The first-order valence-electron chi connectivity index (χ1n) is 10.3. The molecule has 0 aromatic carbocycles. The molecule has 3 heterocycles. The van der Waals surface area contributed by atoms with Crippen molar-refractivity contribution in [1.29, 1.82) is 0 Å². The Morgan fingerprint density at radius 1 is 1.00 bits per heavy atom. The molecule has 2 N–H and O–H groups in total. The number of ether oxygens (including phenoxy) is 1. The average molecular weight is 515 g/mol. The van der Waals surface area contributed by atoms with E-state index in [4.69, 9.17) is 24.5 Å². The van der Waals surface area contributed by atoms with E-state index in [2.05, 4.69) is 26.9 Å². The molecule has 1 aliphatic carbocycles. The van der Waals surface area contributed by atoms with Gasteiger partial charge in [0, 0.05) is 38.6 Å². The number of halogens is 6. The van der Waals surface area contributed by atoms with E-state index in [1.165, 1.54) is 18.4 Å². The summed E-state index contributed by atoms with van der Waals surface area (Å²) < 4.78 is 69.2. The second-order valence-electron chi connectivity index (χ2n) is 8.06. The number of alkyl halides is 6. The molecule has 15 heteroatoms. The van der Waals surface area contributed by atoms with Crippen LogP contribution in [0.3, 0.4) is 0 Å². The van der Waals surface area contributed by atoms with E-state index in [1.807, 2.05) is 12.4 Å². The number of hydrogen-bond donors (Lipinski definition) is 2. The molecule has 3 fully saturated rings. The van der Waals surface area contributed by atoms with Gasteiger partial charge >= 0.3 is 24.3 Å². The van der Waals surface area contributed by atoms with Crippen LogP contribution in [0.15, 0.2) is 24.5 Å². The number of likely N-dealkylation sites (tertiary alicyclic amines) is 1. The van der Waals surface area contributed by atoms with Gasteiger partial charge in [-0.3, -0.25) is 14.7 Å². The number of fused-ring (bicyclic) bond motifs is 1. The van der Waals surface area contributed by atoms with Gasteiger partial charge in [0.25, 0.3) is 0 Å². The topological polar surface area (TPSA) is 120 Å². The third-order valence-electron chi connectivity index (χ3n) is 5.25. The molecule has 2 aliphatic heterocycles. The lowest BCUT2D eigenvalue weighted by Crippen LogP contribution is -2.54. The maximum absolute atomic E-state index is 12.1. The smallest absolute Gasteiger partial charge is 0.475 e. The van der Waals surface area contributed by atoms with Crippen molar-refractivity contribution in [3.63, 3.8) is 0 Å². The van der Waals surface area contributed by atoms with Gasteiger partial charge in [-0.05, 0) is 36.5 Å². The van der Waals surface area contributed by atoms with Crippen LogP contribution in [0.25, 0.3) is 0 Å². The van der Waals surface area contributed by atoms with Crippen molar-refractivity contribution < 1.29 is 55.7 Å². The average Bonchev–Trinajstić information content (AvgIpc) is 3.48. The number of aromatic nitrogens is 1. The van der Waals surface area contributed by atoms with E-state index in [0.29, 0.717) is 0 Å². The Balaban J connectivity index is 0.000000257. The maximum Gasteiger partial charge on any atom is 0.490 e. The lowest BCUT2D eigenvalue weighted by atomic mass is 10.1. The molecular weight excluding hydrogens is 492 g/mol. The highest BCUT2D eigenvalue weighted by atomic mass is 19.4. The standard InChI is InChI=1S/C16H21N3O2.2C2HF3O2/c20-16-11-21-15-10-18(7-13-3-5-17-6-4-13)9-14(15)19(16)8-12-1-2-12;2*3-2(4,5)1(6)7/h3-6,12,14-15H,1-2,7-11H2;2*(H,6,7)/t14-,15-;;/m1../s1. The summed E-state index contributed by atoms with van der Waals surface area (Å²) in [6.45, 7) is 3.95. The van der Waals surface area contributed by atoms with Crippen LogP contribution in [0, 0.1) is 5.92 Å². The van der Waals surface area contributed by atoms with Crippen LogP contribution in [0.5, 0.6) is 0 Å². The lowest BCUT2D eigenvalue weighted by molar-refractivity contribution is -0.193. The highest BCUT2D eigenvalue weighted by Crippen LogP contribution is 2.33. The molecule has 1 amide bonds. The number of rotatable bonds is 4. The Kier molecular flexibility index (Phi) is 9.43. The molecule has 0 spiro atoms. The predicted molar refractivity (Wildman–Crippen MR) is 105 cm³/mol. The van der Waals surface area contributed by atoms with Crippen molar-refractivity contribution in [2.75, 3.05) is 26.2 Å². The van der Waals surface area contributed by atoms with Gasteiger partial charge in [0.15, 0.2) is 0 Å². The molecule has 9 nitrogen and oxygen atoms in total. The summed E-state index contributed by atoms with van der Waals surface area (Å²) in [6.07, 6.45) is -3.76. The molecule has 3 aliphatic rings. The Morgan fingerprint density at radius 2 is 1.51 bits per heavy atom. The fraction of sp³-hybridized carbons (Fsp3) is 0.600. The summed E-state index contributed by atoms with van der Waals surface area (Å²) in [7, 11) is 0. The van der Waals surface area contributed by atoms with Crippen LogP contribution in [0.2, 0.25) is 0 Å². The molecular formula is C20H23F6N3O6. The van der Waals surface area contributed by atoms with Crippen LogP contribution in [-0.2, 0) is 25.7 Å². The number of pyridine rings is 1. The SMILES string of the molecule is O=C(O)C(F)(F)F.O=C(O)C(F)(F)F.O=C1CO[C@@H]2CN(Cc3ccncc3)C[C@H]2N1CC1CC1. The molecule has 196 valence electrons. The van der Waals surface area contributed by atoms with Gasteiger partial charge < -0.3 is 19.8 Å². The molecule has 2 atom stereocenters. The molecule has 0 unspecified atom stereocenters. The molecule has 2 saturated heterocycles. The zero-order valence-electron chi connectivity index (χ0n) is 18.1. The van der Waals surface area contributed by atoms with E-state index in [1.54, 1.807) is 0 Å². The Morgan fingerprint density at radius 3 is 1.97 bits per heavy atom. The third kappa shape index (κ3) is 9.32. The van der Waals surface area contributed by atoms with Crippen LogP contribution in [0.1, 0.15) is 18.4 Å². The third-order valence-corrected chi connectivity index (χ3v) is 5.25. The summed E-state index contributed by atoms with van der Waals surface area (Å²) in [6, 6.07) is 4.35. The largest absolute Gasteiger partial charge is 0.490 e. The first kappa shape index (κ1) is 28.3. The normalized spacial score (nSPS) is 22.3. The van der Waals surface area contributed by atoms with E-state index in [-0.39, 0.29) is 24.7 Å². The summed E-state index contributed by atoms with van der Waals surface area (Å²) in [5.41, 5.74) is 1.27. The number of morpholine rings is 1. The number of nitrogens with zero attached hydrogens (tertiary/aromatic N) is 3. The highest BCUT2D eigenvalue weighted by molar-refractivity contribution is 5.78. The molecule has 1 saturated carbocycles. The van der Waals surface area contributed by atoms with Gasteiger partial charge in [0.05, 0.1) is 12.1 Å². The van der Waals surface area contributed by atoms with Crippen LogP contribution in [-0.4, -0.2) is 93.6 Å². The minimum absolute atomic E-state index is 0.175. The monoisotopic (exact) mass is 515 g/mol. The van der Waals surface area contributed by atoms with E-state index < -0.39 is 24.3 Å². The van der Waals surface area contributed by atoms with Crippen molar-refractivity contribution in [2.24, 2.45) is 5.92 Å². The van der Waals surface area contributed by atoms with Crippen molar-refractivity contribution in [3.05, 3.63) is 30.1 Å². The quantitative estimate of drug-likeness (QED) is 0.586. The number of carbonyl (C=O) groups excluding carboxylic acids is 1. The first-order chi connectivity index (χ1) is 16.2. The van der Waals surface area contributed by atoms with E-state index >= 15 is 0 Å². The summed E-state index contributed by atoms with van der Waals surface area (Å²) >= 11 is 0. The van der Waals surface area contributed by atoms with Crippen LogP contribution < -0.4 is 0 Å². The fourth-order valence-electron chi connectivity index (χ4n) is 3.43. The van der Waals surface area contributed by atoms with E-state index in [0.717, 1.165) is 32.1 Å². The first-order valence-corrected chi connectivity index (χ1v) is 10.3. The number of amides is 1. The zero-order valence-corrected chi connectivity index (χ0v) is 18.1. The van der Waals surface area contributed by atoms with Crippen molar-refractivity contribution in [3.8, 4) is 0 Å². The predicted octanol–water partition coefficient (Wildman–Crippen LogP) is 2.17. The molecule has 35 heavy (non-hydrogen) atoms. The Hall–Kier alpha value is -2.94. The lowest BCUT2D eigenvalue weighted by Gasteiger charge is -2.36. The van der Waals surface area contributed by atoms with Crippen LogP contribution in [0.4, 0.5) is 26.3 Å². The summed E-state index contributed by atoms with van der Waals surface area (Å²) in [5, 5.41) is 14.2. The fourth-order valence-corrected chi connectivity index (χ4v) is 3.43. The number of aliphatic carboxylic acids is 2.